The van der Waals surface area contributed by atoms with Gasteiger partial charge in [0.15, 0.2) is 0 Å². The number of nitrogens with one attached hydrogen (secondary N) is 1. The Hall–Kier alpha value is -3.50. The topological polar surface area (TPSA) is 98.5 Å². The SMILES string of the molecule is COc1ccc(CNc2cc(N3CCC(C(=O)O)CC3)nc3ccc(C#N)cc23)cc1Cl. The second-order valence-corrected chi connectivity index (χ2v) is 8.20. The van der Waals surface area contributed by atoms with Crippen molar-refractivity contribution in [3.8, 4) is 11.8 Å². The second-order valence-electron chi connectivity index (χ2n) is 7.79. The van der Waals surface area contributed by atoms with E-state index in [1.807, 2.05) is 36.4 Å². The van der Waals surface area contributed by atoms with Crippen LogP contribution >= 0.6 is 11.6 Å². The van der Waals surface area contributed by atoms with Crippen molar-refractivity contribution in [3.05, 3.63) is 58.6 Å². The summed E-state index contributed by atoms with van der Waals surface area (Å²) in [4.78, 5) is 18.2. The number of piperidine rings is 1. The van der Waals surface area contributed by atoms with E-state index < -0.39 is 5.97 Å². The van der Waals surface area contributed by atoms with Gasteiger partial charge in [-0.15, -0.1) is 0 Å². The van der Waals surface area contributed by atoms with Crippen LogP contribution < -0.4 is 15.0 Å². The Balaban J connectivity index is 1.64. The molecule has 32 heavy (non-hydrogen) atoms. The molecule has 0 radical (unpaired) electrons. The van der Waals surface area contributed by atoms with E-state index in [1.165, 1.54) is 0 Å². The number of benzene rings is 2. The van der Waals surface area contributed by atoms with Gasteiger partial charge >= 0.3 is 5.97 Å². The molecule has 0 atom stereocenters. The van der Waals surface area contributed by atoms with Crippen LogP contribution in [-0.4, -0.2) is 36.3 Å². The number of hydrogen-bond donors (Lipinski definition) is 2. The van der Waals surface area contributed by atoms with Gasteiger partial charge < -0.3 is 20.1 Å². The monoisotopic (exact) mass is 450 g/mol. The molecule has 0 spiro atoms. The number of aromatic nitrogens is 1. The molecule has 2 heterocycles. The van der Waals surface area contributed by atoms with Gasteiger partial charge in [0, 0.05) is 36.8 Å². The second kappa shape index (κ2) is 9.33. The molecule has 8 heteroatoms. The molecule has 1 aromatic heterocycles. The minimum atomic E-state index is -0.735. The third-order valence-corrected chi connectivity index (χ3v) is 6.09. The molecular formula is C24H23ClN4O3. The summed E-state index contributed by atoms with van der Waals surface area (Å²) >= 11 is 6.26. The zero-order valence-corrected chi connectivity index (χ0v) is 18.4. The summed E-state index contributed by atoms with van der Waals surface area (Å²) in [6.07, 6.45) is 1.19. The van der Waals surface area contributed by atoms with E-state index in [9.17, 15) is 15.2 Å². The molecule has 4 rings (SSSR count). The predicted molar refractivity (Wildman–Crippen MR) is 124 cm³/mol. The average molecular weight is 451 g/mol. The van der Waals surface area contributed by atoms with E-state index in [1.54, 1.807) is 13.2 Å². The van der Waals surface area contributed by atoms with Crippen LogP contribution in [0.2, 0.25) is 5.02 Å². The summed E-state index contributed by atoms with van der Waals surface area (Å²) in [6, 6.07) is 15.2. The lowest BCUT2D eigenvalue weighted by Crippen LogP contribution is -2.36. The fourth-order valence-electron chi connectivity index (χ4n) is 3.96. The van der Waals surface area contributed by atoms with E-state index in [4.69, 9.17) is 21.3 Å². The van der Waals surface area contributed by atoms with E-state index >= 15 is 0 Å². The summed E-state index contributed by atoms with van der Waals surface area (Å²) < 4.78 is 5.22. The first-order chi connectivity index (χ1) is 15.5. The quantitative estimate of drug-likeness (QED) is 0.562. The first-order valence-corrected chi connectivity index (χ1v) is 10.7. The fraction of sp³-hybridized carbons (Fsp3) is 0.292. The maximum Gasteiger partial charge on any atom is 0.306 e. The van der Waals surface area contributed by atoms with E-state index in [-0.39, 0.29) is 5.92 Å². The number of fused-ring (bicyclic) bond motifs is 1. The highest BCUT2D eigenvalue weighted by Crippen LogP contribution is 2.31. The van der Waals surface area contributed by atoms with Crippen LogP contribution in [0.4, 0.5) is 11.5 Å². The number of pyridine rings is 1. The lowest BCUT2D eigenvalue weighted by atomic mass is 9.97. The number of hydrogen-bond acceptors (Lipinski definition) is 6. The van der Waals surface area contributed by atoms with Crippen LogP contribution in [0.1, 0.15) is 24.0 Å². The predicted octanol–water partition coefficient (Wildman–Crippen LogP) is 4.68. The lowest BCUT2D eigenvalue weighted by Gasteiger charge is -2.31. The fourth-order valence-corrected chi connectivity index (χ4v) is 4.24. The molecule has 2 N–H and O–H groups in total. The van der Waals surface area contributed by atoms with Crippen LogP contribution in [0.15, 0.2) is 42.5 Å². The maximum atomic E-state index is 11.3. The molecule has 3 aromatic rings. The Morgan fingerprint density at radius 1 is 1.28 bits per heavy atom. The standard InChI is InChI=1S/C24H23ClN4O3/c1-32-22-5-3-16(11-19(22)25)14-27-21-12-23(29-8-6-17(7-9-29)24(30)31)28-20-4-2-15(13-26)10-18(20)21/h2-5,10-12,17H,6-9,14H2,1H3,(H,27,28)(H,30,31). The van der Waals surface area contributed by atoms with Gasteiger partial charge in [-0.05, 0) is 48.7 Å². The minimum absolute atomic E-state index is 0.303. The Morgan fingerprint density at radius 2 is 2.06 bits per heavy atom. The number of rotatable bonds is 6. The van der Waals surface area contributed by atoms with Crippen molar-refractivity contribution in [2.75, 3.05) is 30.4 Å². The number of nitrogens with zero attached hydrogens (tertiary/aromatic N) is 3. The third-order valence-electron chi connectivity index (χ3n) is 5.79. The molecule has 7 nitrogen and oxygen atoms in total. The van der Waals surface area contributed by atoms with Crippen molar-refractivity contribution < 1.29 is 14.6 Å². The normalized spacial score (nSPS) is 14.2. The number of halogens is 1. The molecule has 0 bridgehead atoms. The molecular weight excluding hydrogens is 428 g/mol. The highest BCUT2D eigenvalue weighted by molar-refractivity contribution is 6.32. The smallest absolute Gasteiger partial charge is 0.306 e. The van der Waals surface area contributed by atoms with Crippen molar-refractivity contribution in [2.24, 2.45) is 5.92 Å². The summed E-state index contributed by atoms with van der Waals surface area (Å²) in [5, 5.41) is 23.5. The summed E-state index contributed by atoms with van der Waals surface area (Å²) in [5.41, 5.74) is 3.18. The summed E-state index contributed by atoms with van der Waals surface area (Å²) in [6.45, 7) is 1.80. The summed E-state index contributed by atoms with van der Waals surface area (Å²) in [5.74, 6) is 0.375. The first-order valence-electron chi connectivity index (χ1n) is 10.4. The molecule has 1 aliphatic heterocycles. The van der Waals surface area contributed by atoms with Crippen LogP contribution in [0.5, 0.6) is 5.75 Å². The van der Waals surface area contributed by atoms with Gasteiger partial charge in [0.25, 0.3) is 0 Å². The largest absolute Gasteiger partial charge is 0.495 e. The van der Waals surface area contributed by atoms with Gasteiger partial charge in [-0.3, -0.25) is 4.79 Å². The number of nitriles is 1. The maximum absolute atomic E-state index is 11.3. The van der Waals surface area contributed by atoms with Gasteiger partial charge in [0.05, 0.1) is 35.2 Å². The van der Waals surface area contributed by atoms with Crippen LogP contribution in [-0.2, 0) is 11.3 Å². The molecule has 1 fully saturated rings. The van der Waals surface area contributed by atoms with Crippen molar-refractivity contribution >= 4 is 40.0 Å². The van der Waals surface area contributed by atoms with Crippen molar-refractivity contribution in [1.82, 2.24) is 4.98 Å². The minimum Gasteiger partial charge on any atom is -0.495 e. The highest BCUT2D eigenvalue weighted by Gasteiger charge is 2.25. The Labute approximate surface area is 191 Å². The number of methoxy groups -OCH3 is 1. The molecule has 0 unspecified atom stereocenters. The van der Waals surface area contributed by atoms with Crippen molar-refractivity contribution in [2.45, 2.75) is 19.4 Å². The Bertz CT molecular complexity index is 1200. The zero-order chi connectivity index (χ0) is 22.7. The van der Waals surface area contributed by atoms with Gasteiger partial charge in [0.1, 0.15) is 11.6 Å². The van der Waals surface area contributed by atoms with Crippen LogP contribution in [0.3, 0.4) is 0 Å². The number of carboxylic acid groups (broad SMARTS) is 1. The van der Waals surface area contributed by atoms with E-state index in [2.05, 4.69) is 16.3 Å². The lowest BCUT2D eigenvalue weighted by molar-refractivity contribution is -0.142. The van der Waals surface area contributed by atoms with E-state index in [0.717, 1.165) is 28.0 Å². The van der Waals surface area contributed by atoms with Crippen LogP contribution in [0, 0.1) is 17.2 Å². The molecule has 0 saturated carbocycles. The van der Waals surface area contributed by atoms with Gasteiger partial charge in [-0.2, -0.15) is 5.26 Å². The Kier molecular flexibility index (Phi) is 6.33. The molecule has 1 aliphatic rings. The average Bonchev–Trinajstić information content (AvgIpc) is 2.82. The summed E-state index contributed by atoms with van der Waals surface area (Å²) in [7, 11) is 1.58. The van der Waals surface area contributed by atoms with Gasteiger partial charge in [-0.25, -0.2) is 4.98 Å². The zero-order valence-electron chi connectivity index (χ0n) is 17.6. The first kappa shape index (κ1) is 21.7. The molecule has 0 amide bonds. The molecule has 1 saturated heterocycles. The molecule has 0 aliphatic carbocycles. The highest BCUT2D eigenvalue weighted by atomic mass is 35.5. The van der Waals surface area contributed by atoms with Crippen LogP contribution in [0.25, 0.3) is 10.9 Å². The molecule has 2 aromatic carbocycles. The number of ether oxygens (including phenoxy) is 1. The third kappa shape index (κ3) is 4.56. The molecule has 164 valence electrons. The van der Waals surface area contributed by atoms with Gasteiger partial charge in [-0.1, -0.05) is 17.7 Å². The number of anilines is 2. The Morgan fingerprint density at radius 3 is 2.72 bits per heavy atom. The van der Waals surface area contributed by atoms with Crippen molar-refractivity contribution in [3.63, 3.8) is 0 Å². The van der Waals surface area contributed by atoms with Crippen molar-refractivity contribution in [1.29, 1.82) is 5.26 Å². The number of carbonyl (C=O) groups is 1. The number of aliphatic carboxylic acids is 1. The van der Waals surface area contributed by atoms with Gasteiger partial charge in [0.2, 0.25) is 0 Å². The van der Waals surface area contributed by atoms with E-state index in [0.29, 0.717) is 48.8 Å². The number of carboxylic acids is 1.